The summed E-state index contributed by atoms with van der Waals surface area (Å²) >= 11 is 0. The Hall–Kier alpha value is -1.26. The molecule has 0 unspecified atom stereocenters. The zero-order chi connectivity index (χ0) is 12.6. The molecule has 0 aromatic heterocycles. The van der Waals surface area contributed by atoms with Crippen LogP contribution in [0.1, 0.15) is 18.4 Å². The molecule has 0 atom stereocenters. The molecular formula is C16H22Si. The predicted octanol–water partition coefficient (Wildman–Crippen LogP) is 4.71. The van der Waals surface area contributed by atoms with Gasteiger partial charge >= 0.3 is 0 Å². The summed E-state index contributed by atoms with van der Waals surface area (Å²) in [7, 11) is -0.901. The van der Waals surface area contributed by atoms with Crippen LogP contribution in [0.5, 0.6) is 0 Å². The molecule has 0 aliphatic heterocycles. The van der Waals surface area contributed by atoms with Crippen LogP contribution in [0, 0.1) is 11.8 Å². The summed E-state index contributed by atoms with van der Waals surface area (Å²) in [5.74, 6) is 6.39. The first kappa shape index (κ1) is 13.8. The van der Waals surface area contributed by atoms with Crippen molar-refractivity contribution in [3.63, 3.8) is 0 Å². The zero-order valence-corrected chi connectivity index (χ0v) is 12.2. The summed E-state index contributed by atoms with van der Waals surface area (Å²) in [6.07, 6.45) is 6.63. The van der Waals surface area contributed by atoms with Crippen LogP contribution >= 0.6 is 0 Å². The van der Waals surface area contributed by atoms with Crippen LogP contribution in [0.2, 0.25) is 25.7 Å². The predicted molar refractivity (Wildman–Crippen MR) is 79.8 cm³/mol. The van der Waals surface area contributed by atoms with Crippen molar-refractivity contribution in [1.29, 1.82) is 0 Å². The first-order valence-corrected chi connectivity index (χ1v) is 9.97. The second-order valence-corrected chi connectivity index (χ2v) is 11.0. The zero-order valence-electron chi connectivity index (χ0n) is 11.2. The second kappa shape index (κ2) is 7.14. The van der Waals surface area contributed by atoms with Gasteiger partial charge in [-0.15, -0.1) is 0 Å². The minimum absolute atomic E-state index is 0.901. The van der Waals surface area contributed by atoms with Crippen molar-refractivity contribution in [2.24, 2.45) is 0 Å². The highest BCUT2D eigenvalue weighted by molar-refractivity contribution is 6.76. The number of hydrogen-bond donors (Lipinski definition) is 0. The number of benzene rings is 1. The van der Waals surface area contributed by atoms with Gasteiger partial charge in [0.25, 0.3) is 0 Å². The van der Waals surface area contributed by atoms with Gasteiger partial charge in [-0.05, 0) is 24.6 Å². The highest BCUT2D eigenvalue weighted by Crippen LogP contribution is 2.08. The molecule has 0 aliphatic carbocycles. The van der Waals surface area contributed by atoms with Gasteiger partial charge in [0.1, 0.15) is 0 Å². The van der Waals surface area contributed by atoms with E-state index < -0.39 is 8.07 Å². The largest absolute Gasteiger partial charge is 0.0976 e. The van der Waals surface area contributed by atoms with Gasteiger partial charge in [-0.25, -0.2) is 0 Å². The molecule has 0 saturated carbocycles. The van der Waals surface area contributed by atoms with Crippen molar-refractivity contribution in [2.45, 2.75) is 38.5 Å². The average Bonchev–Trinajstić information content (AvgIpc) is 2.28. The molecule has 0 nitrogen and oxygen atoms in total. The van der Waals surface area contributed by atoms with Gasteiger partial charge in [-0.2, -0.15) is 0 Å². The fourth-order valence-corrected chi connectivity index (χ4v) is 2.27. The monoisotopic (exact) mass is 242 g/mol. The third kappa shape index (κ3) is 7.60. The molecule has 0 aliphatic rings. The molecule has 0 saturated heterocycles. The summed E-state index contributed by atoms with van der Waals surface area (Å²) in [6, 6.07) is 11.4. The van der Waals surface area contributed by atoms with Crippen LogP contribution in [0.3, 0.4) is 0 Å². The molecule has 1 heteroatoms. The lowest BCUT2D eigenvalue weighted by Gasteiger charge is -2.11. The fourth-order valence-electron chi connectivity index (χ4n) is 1.40. The topological polar surface area (TPSA) is 0 Å². The molecule has 1 rings (SSSR count). The number of hydrogen-bond acceptors (Lipinski definition) is 0. The quantitative estimate of drug-likeness (QED) is 0.310. The summed E-state index contributed by atoms with van der Waals surface area (Å²) in [4.78, 5) is 0. The number of unbranched alkanes of at least 4 members (excludes halogenated alkanes) is 1. The Morgan fingerprint density at radius 3 is 2.41 bits per heavy atom. The SMILES string of the molecule is C[Si](C)(C)C/C=C/CCC#Cc1ccccc1. The highest BCUT2D eigenvalue weighted by Gasteiger charge is 2.08. The van der Waals surface area contributed by atoms with Crippen LogP contribution < -0.4 is 0 Å². The van der Waals surface area contributed by atoms with Gasteiger partial charge < -0.3 is 0 Å². The van der Waals surface area contributed by atoms with E-state index in [1.807, 2.05) is 30.3 Å². The van der Waals surface area contributed by atoms with E-state index in [-0.39, 0.29) is 0 Å². The number of rotatable bonds is 4. The second-order valence-electron chi connectivity index (χ2n) is 5.44. The molecule has 0 heterocycles. The summed E-state index contributed by atoms with van der Waals surface area (Å²) < 4.78 is 0. The number of allylic oxidation sites excluding steroid dienone is 2. The van der Waals surface area contributed by atoms with Crippen molar-refractivity contribution in [1.82, 2.24) is 0 Å². The van der Waals surface area contributed by atoms with E-state index in [1.54, 1.807) is 0 Å². The Bertz CT molecular complexity index is 399. The minimum Gasteiger partial charge on any atom is -0.0976 e. The summed E-state index contributed by atoms with van der Waals surface area (Å²) in [5.41, 5.74) is 1.11. The van der Waals surface area contributed by atoms with Gasteiger partial charge in [0.2, 0.25) is 0 Å². The first-order chi connectivity index (χ1) is 8.08. The molecule has 0 amide bonds. The normalized spacial score (nSPS) is 11.2. The Morgan fingerprint density at radius 1 is 1.06 bits per heavy atom. The lowest BCUT2D eigenvalue weighted by atomic mass is 10.2. The molecule has 17 heavy (non-hydrogen) atoms. The molecule has 0 spiro atoms. The van der Waals surface area contributed by atoms with E-state index in [2.05, 4.69) is 43.6 Å². The lowest BCUT2D eigenvalue weighted by Crippen LogP contribution is -2.17. The van der Waals surface area contributed by atoms with Gasteiger partial charge in [0.05, 0.1) is 0 Å². The van der Waals surface area contributed by atoms with E-state index in [4.69, 9.17) is 0 Å². The van der Waals surface area contributed by atoms with Crippen molar-refractivity contribution in [3.8, 4) is 11.8 Å². The van der Waals surface area contributed by atoms with Crippen molar-refractivity contribution in [2.75, 3.05) is 0 Å². The van der Waals surface area contributed by atoms with Crippen molar-refractivity contribution >= 4 is 8.07 Å². The molecule has 1 aromatic carbocycles. The summed E-state index contributed by atoms with van der Waals surface area (Å²) in [5, 5.41) is 0. The lowest BCUT2D eigenvalue weighted by molar-refractivity contribution is 1.08. The Labute approximate surface area is 107 Å². The fraction of sp³-hybridized carbons (Fsp3) is 0.375. The summed E-state index contributed by atoms with van der Waals surface area (Å²) in [6.45, 7) is 7.19. The van der Waals surface area contributed by atoms with Crippen LogP contribution in [-0.2, 0) is 0 Å². The molecular weight excluding hydrogens is 220 g/mol. The average molecular weight is 242 g/mol. The van der Waals surface area contributed by atoms with Gasteiger partial charge in [-0.1, -0.05) is 61.8 Å². The maximum atomic E-state index is 3.21. The van der Waals surface area contributed by atoms with Crippen LogP contribution in [0.4, 0.5) is 0 Å². The van der Waals surface area contributed by atoms with E-state index in [9.17, 15) is 0 Å². The van der Waals surface area contributed by atoms with Crippen LogP contribution in [0.25, 0.3) is 0 Å². The third-order valence-electron chi connectivity index (χ3n) is 2.34. The Morgan fingerprint density at radius 2 is 1.76 bits per heavy atom. The van der Waals surface area contributed by atoms with Crippen LogP contribution in [-0.4, -0.2) is 8.07 Å². The first-order valence-electron chi connectivity index (χ1n) is 6.27. The molecule has 0 fully saturated rings. The van der Waals surface area contributed by atoms with Crippen molar-refractivity contribution < 1.29 is 0 Å². The maximum absolute atomic E-state index is 3.21. The van der Waals surface area contributed by atoms with Gasteiger partial charge in [0.15, 0.2) is 0 Å². The van der Waals surface area contributed by atoms with Crippen molar-refractivity contribution in [3.05, 3.63) is 48.0 Å². The Balaban J connectivity index is 2.23. The smallest absolute Gasteiger partial charge is 0.0480 e. The molecule has 1 aromatic rings. The van der Waals surface area contributed by atoms with Crippen LogP contribution in [0.15, 0.2) is 42.5 Å². The molecule has 0 radical (unpaired) electrons. The molecule has 0 bridgehead atoms. The molecule has 0 N–H and O–H groups in total. The van der Waals surface area contributed by atoms with E-state index in [0.717, 1.165) is 18.4 Å². The van der Waals surface area contributed by atoms with E-state index >= 15 is 0 Å². The Kier molecular flexibility index (Phi) is 5.80. The van der Waals surface area contributed by atoms with E-state index in [1.165, 1.54) is 6.04 Å². The molecule has 90 valence electrons. The van der Waals surface area contributed by atoms with E-state index in [0.29, 0.717) is 0 Å². The highest BCUT2D eigenvalue weighted by atomic mass is 28.3. The standard InChI is InChI=1S/C16H22Si/c1-17(2,3)15-11-6-4-5-8-12-16-13-9-7-10-14-16/h6-7,9-11,13-14H,4-5,15H2,1-3H3/b11-6+. The minimum atomic E-state index is -0.901. The van der Waals surface area contributed by atoms with Gasteiger partial charge in [0, 0.05) is 20.1 Å². The van der Waals surface area contributed by atoms with Gasteiger partial charge in [-0.3, -0.25) is 0 Å². The maximum Gasteiger partial charge on any atom is 0.0480 e. The third-order valence-corrected chi connectivity index (χ3v) is 3.80.